The van der Waals surface area contributed by atoms with E-state index in [-0.39, 0.29) is 6.04 Å². The average molecular weight is 250 g/mol. The lowest BCUT2D eigenvalue weighted by molar-refractivity contribution is -0.127. The minimum absolute atomic E-state index is 0.185. The quantitative estimate of drug-likeness (QED) is 0.795. The standard InChI is InChI=1S/C10H22N2O3S/c1-7-10(4,5)9(13)11-16(14,15)12(6)8(2)3/h8H,7H2,1-6H3,(H,11,13). The zero-order chi connectivity index (χ0) is 13.1. The van der Waals surface area contributed by atoms with Crippen LogP contribution in [0, 0.1) is 5.41 Å². The molecule has 0 heterocycles. The Balaban J connectivity index is 4.81. The maximum atomic E-state index is 11.7. The molecule has 0 radical (unpaired) electrons. The molecular formula is C10H22N2O3S. The van der Waals surface area contributed by atoms with Gasteiger partial charge in [-0.05, 0) is 20.3 Å². The van der Waals surface area contributed by atoms with Gasteiger partial charge in [0.1, 0.15) is 0 Å². The molecule has 0 aliphatic rings. The van der Waals surface area contributed by atoms with E-state index < -0.39 is 21.5 Å². The van der Waals surface area contributed by atoms with Crippen molar-refractivity contribution >= 4 is 16.1 Å². The average Bonchev–Trinajstić information content (AvgIpc) is 2.15. The van der Waals surface area contributed by atoms with Crippen molar-refractivity contribution in [1.82, 2.24) is 9.03 Å². The number of carbonyl (C=O) groups is 1. The molecule has 0 aromatic heterocycles. The summed E-state index contributed by atoms with van der Waals surface area (Å²) in [5.41, 5.74) is -0.676. The molecule has 0 atom stereocenters. The summed E-state index contributed by atoms with van der Waals surface area (Å²) in [7, 11) is -2.27. The van der Waals surface area contributed by atoms with Gasteiger partial charge in [0.15, 0.2) is 0 Å². The molecule has 0 unspecified atom stereocenters. The fourth-order valence-corrected chi connectivity index (χ4v) is 1.98. The molecule has 0 spiro atoms. The summed E-state index contributed by atoms with van der Waals surface area (Å²) in [5.74, 6) is -0.470. The molecule has 0 aliphatic heterocycles. The van der Waals surface area contributed by atoms with E-state index >= 15 is 0 Å². The van der Waals surface area contributed by atoms with Crippen molar-refractivity contribution in [2.75, 3.05) is 7.05 Å². The van der Waals surface area contributed by atoms with E-state index in [2.05, 4.69) is 4.72 Å². The number of hydrogen-bond acceptors (Lipinski definition) is 3. The van der Waals surface area contributed by atoms with Crippen molar-refractivity contribution in [1.29, 1.82) is 0 Å². The Morgan fingerprint density at radius 2 is 1.81 bits per heavy atom. The van der Waals surface area contributed by atoms with Crippen molar-refractivity contribution in [2.24, 2.45) is 5.41 Å². The molecular weight excluding hydrogens is 228 g/mol. The molecule has 0 saturated carbocycles. The molecule has 0 fully saturated rings. The molecule has 1 N–H and O–H groups in total. The van der Waals surface area contributed by atoms with Gasteiger partial charge in [0, 0.05) is 18.5 Å². The minimum atomic E-state index is -3.72. The predicted octanol–water partition coefficient (Wildman–Crippen LogP) is 1.12. The van der Waals surface area contributed by atoms with E-state index in [4.69, 9.17) is 0 Å². The first kappa shape index (κ1) is 15.4. The van der Waals surface area contributed by atoms with E-state index in [1.54, 1.807) is 27.7 Å². The van der Waals surface area contributed by atoms with Crippen LogP contribution in [-0.4, -0.2) is 31.7 Å². The lowest BCUT2D eigenvalue weighted by atomic mass is 9.90. The number of nitrogens with one attached hydrogen (secondary N) is 1. The second-order valence-electron chi connectivity index (χ2n) is 4.78. The summed E-state index contributed by atoms with van der Waals surface area (Å²) >= 11 is 0. The molecule has 0 bridgehead atoms. The van der Waals surface area contributed by atoms with Crippen LogP contribution in [0.1, 0.15) is 41.0 Å². The van der Waals surface area contributed by atoms with Crippen LogP contribution in [0.25, 0.3) is 0 Å². The number of rotatable bonds is 5. The first-order valence-corrected chi connectivity index (χ1v) is 6.78. The first-order valence-electron chi connectivity index (χ1n) is 5.34. The summed E-state index contributed by atoms with van der Waals surface area (Å²) in [6.07, 6.45) is 0.583. The summed E-state index contributed by atoms with van der Waals surface area (Å²) < 4.78 is 26.7. The normalized spacial score (nSPS) is 13.2. The van der Waals surface area contributed by atoms with Gasteiger partial charge in [0.25, 0.3) is 0 Å². The summed E-state index contributed by atoms with van der Waals surface area (Å²) in [6, 6.07) is -0.185. The summed E-state index contributed by atoms with van der Waals surface area (Å²) in [5, 5.41) is 0. The second-order valence-corrected chi connectivity index (χ2v) is 6.51. The number of carbonyl (C=O) groups excluding carboxylic acids is 1. The molecule has 1 amide bonds. The van der Waals surface area contributed by atoms with Crippen molar-refractivity contribution in [3.63, 3.8) is 0 Å². The van der Waals surface area contributed by atoms with Crippen LogP contribution >= 0.6 is 0 Å². The van der Waals surface area contributed by atoms with Crippen LogP contribution in [-0.2, 0) is 15.0 Å². The van der Waals surface area contributed by atoms with Gasteiger partial charge in [-0.1, -0.05) is 20.8 Å². The molecule has 6 heteroatoms. The van der Waals surface area contributed by atoms with E-state index in [9.17, 15) is 13.2 Å². The highest BCUT2D eigenvalue weighted by Gasteiger charge is 2.31. The smallest absolute Gasteiger partial charge is 0.273 e. The zero-order valence-corrected chi connectivity index (χ0v) is 11.7. The number of hydrogen-bond donors (Lipinski definition) is 1. The molecule has 0 aromatic carbocycles. The molecule has 0 aliphatic carbocycles. The van der Waals surface area contributed by atoms with Crippen LogP contribution in [0.3, 0.4) is 0 Å². The Morgan fingerprint density at radius 1 is 1.38 bits per heavy atom. The zero-order valence-electron chi connectivity index (χ0n) is 10.9. The third-order valence-corrected chi connectivity index (χ3v) is 4.45. The highest BCUT2D eigenvalue weighted by Crippen LogP contribution is 2.20. The first-order chi connectivity index (χ1) is 7.04. The third kappa shape index (κ3) is 3.75. The van der Waals surface area contributed by atoms with Crippen LogP contribution in [0.5, 0.6) is 0 Å². The predicted molar refractivity (Wildman–Crippen MR) is 64.0 cm³/mol. The van der Waals surface area contributed by atoms with Crippen LogP contribution in [0.2, 0.25) is 0 Å². The van der Waals surface area contributed by atoms with E-state index in [1.165, 1.54) is 7.05 Å². The number of nitrogens with zero attached hydrogens (tertiary/aromatic N) is 1. The topological polar surface area (TPSA) is 66.5 Å². The van der Waals surface area contributed by atoms with Crippen molar-refractivity contribution in [3.8, 4) is 0 Å². The van der Waals surface area contributed by atoms with Crippen LogP contribution in [0.4, 0.5) is 0 Å². The van der Waals surface area contributed by atoms with Crippen molar-refractivity contribution < 1.29 is 13.2 Å². The Morgan fingerprint density at radius 3 is 2.12 bits per heavy atom. The second kappa shape index (κ2) is 5.14. The van der Waals surface area contributed by atoms with E-state index in [0.717, 1.165) is 4.31 Å². The van der Waals surface area contributed by atoms with Gasteiger partial charge in [-0.15, -0.1) is 0 Å². The minimum Gasteiger partial charge on any atom is -0.273 e. The van der Waals surface area contributed by atoms with Crippen molar-refractivity contribution in [2.45, 2.75) is 47.1 Å². The number of amides is 1. The lowest BCUT2D eigenvalue weighted by Crippen LogP contribution is -2.48. The highest BCUT2D eigenvalue weighted by molar-refractivity contribution is 7.87. The Kier molecular flexibility index (Phi) is 4.94. The maximum Gasteiger partial charge on any atom is 0.303 e. The largest absolute Gasteiger partial charge is 0.303 e. The van der Waals surface area contributed by atoms with Crippen molar-refractivity contribution in [3.05, 3.63) is 0 Å². The molecule has 0 aromatic rings. The molecule has 16 heavy (non-hydrogen) atoms. The van der Waals surface area contributed by atoms with E-state index in [1.807, 2.05) is 6.92 Å². The molecule has 96 valence electrons. The van der Waals surface area contributed by atoms with Gasteiger partial charge >= 0.3 is 10.2 Å². The van der Waals surface area contributed by atoms with Gasteiger partial charge in [0.05, 0.1) is 0 Å². The highest BCUT2D eigenvalue weighted by atomic mass is 32.2. The fraction of sp³-hybridized carbons (Fsp3) is 0.900. The SMILES string of the molecule is CCC(C)(C)C(=O)NS(=O)(=O)N(C)C(C)C. The van der Waals surface area contributed by atoms with Gasteiger partial charge in [0.2, 0.25) is 5.91 Å². The lowest BCUT2D eigenvalue weighted by Gasteiger charge is -2.25. The Labute approximate surface area is 98.4 Å². The third-order valence-electron chi connectivity index (χ3n) is 2.83. The van der Waals surface area contributed by atoms with Crippen LogP contribution < -0.4 is 4.72 Å². The Hall–Kier alpha value is -0.620. The van der Waals surface area contributed by atoms with Gasteiger partial charge in [-0.3, -0.25) is 4.79 Å². The molecule has 5 nitrogen and oxygen atoms in total. The van der Waals surface area contributed by atoms with E-state index in [0.29, 0.717) is 6.42 Å². The fourth-order valence-electron chi connectivity index (χ4n) is 0.765. The monoisotopic (exact) mass is 250 g/mol. The van der Waals surface area contributed by atoms with Gasteiger partial charge in [-0.25, -0.2) is 4.72 Å². The van der Waals surface area contributed by atoms with Gasteiger partial charge in [-0.2, -0.15) is 12.7 Å². The molecule has 0 rings (SSSR count). The molecule has 0 saturated heterocycles. The summed E-state index contributed by atoms with van der Waals surface area (Å²) in [6.45, 7) is 8.77. The van der Waals surface area contributed by atoms with Crippen LogP contribution in [0.15, 0.2) is 0 Å². The van der Waals surface area contributed by atoms with Gasteiger partial charge < -0.3 is 0 Å². The summed E-state index contributed by atoms with van der Waals surface area (Å²) in [4.78, 5) is 11.7. The maximum absolute atomic E-state index is 11.7. The Bertz CT molecular complexity index is 347.